The first kappa shape index (κ1) is 18.8. The molecule has 4 nitrogen and oxygen atoms in total. The third-order valence-electron chi connectivity index (χ3n) is 6.09. The Morgan fingerprint density at radius 3 is 2.87 bits per heavy atom. The molecule has 0 saturated carbocycles. The lowest BCUT2D eigenvalue weighted by molar-refractivity contribution is 0.101. The fourth-order valence-electron chi connectivity index (χ4n) is 4.29. The lowest BCUT2D eigenvalue weighted by Crippen LogP contribution is -2.27. The Balaban J connectivity index is 1.42. The van der Waals surface area contributed by atoms with Crippen molar-refractivity contribution in [3.05, 3.63) is 76.1 Å². The zero-order valence-corrected chi connectivity index (χ0v) is 17.1. The standard InChI is InChI=1S/C26H24N2O2/c1-17-9-10-22-25(29)24(15-23-21-7-3-2-6-19(21)16-28-23)30-26(22)20(17)8-4-5-18-11-13-27-14-12-18/h2-3,6-7,9-10,15,18,27H,5,11-14,16H2,1H3/b24-15-. The van der Waals surface area contributed by atoms with Crippen molar-refractivity contribution in [2.45, 2.75) is 32.7 Å². The van der Waals surface area contributed by atoms with Crippen LogP contribution in [0.3, 0.4) is 0 Å². The predicted octanol–water partition coefficient (Wildman–Crippen LogP) is 4.20. The molecule has 0 aliphatic carbocycles. The molecule has 0 atom stereocenters. The molecule has 30 heavy (non-hydrogen) atoms. The Hall–Kier alpha value is -3.16. The number of rotatable bonds is 2. The molecule has 2 aromatic carbocycles. The number of nitrogens with zero attached hydrogens (tertiary/aromatic N) is 1. The summed E-state index contributed by atoms with van der Waals surface area (Å²) in [6.45, 7) is 4.81. The Morgan fingerprint density at radius 1 is 1.17 bits per heavy atom. The van der Waals surface area contributed by atoms with E-state index in [-0.39, 0.29) is 5.78 Å². The van der Waals surface area contributed by atoms with Crippen molar-refractivity contribution in [3.63, 3.8) is 0 Å². The van der Waals surface area contributed by atoms with Crippen LogP contribution >= 0.6 is 0 Å². The van der Waals surface area contributed by atoms with Crippen molar-refractivity contribution in [2.75, 3.05) is 13.1 Å². The van der Waals surface area contributed by atoms with E-state index in [2.05, 4.69) is 28.2 Å². The summed E-state index contributed by atoms with van der Waals surface area (Å²) in [7, 11) is 0. The highest BCUT2D eigenvalue weighted by atomic mass is 16.5. The number of aryl methyl sites for hydroxylation is 1. The van der Waals surface area contributed by atoms with E-state index in [1.165, 1.54) is 18.4 Å². The first-order valence-corrected chi connectivity index (χ1v) is 10.6. The summed E-state index contributed by atoms with van der Waals surface area (Å²) in [4.78, 5) is 17.6. The Morgan fingerprint density at radius 2 is 2.00 bits per heavy atom. The number of carbonyl (C=O) groups excluding carboxylic acids is 1. The van der Waals surface area contributed by atoms with Crippen LogP contribution in [0.15, 0.2) is 53.2 Å². The van der Waals surface area contributed by atoms with E-state index in [1.54, 1.807) is 6.08 Å². The average molecular weight is 396 g/mol. The van der Waals surface area contributed by atoms with Crippen molar-refractivity contribution >= 4 is 11.5 Å². The number of ketones is 1. The monoisotopic (exact) mass is 396 g/mol. The third-order valence-corrected chi connectivity index (χ3v) is 6.09. The van der Waals surface area contributed by atoms with Gasteiger partial charge in [0.15, 0.2) is 11.5 Å². The minimum atomic E-state index is -0.0986. The second kappa shape index (κ2) is 7.93. The van der Waals surface area contributed by atoms with E-state index in [0.29, 0.717) is 29.5 Å². The van der Waals surface area contributed by atoms with Gasteiger partial charge in [-0.05, 0) is 56.0 Å². The predicted molar refractivity (Wildman–Crippen MR) is 118 cm³/mol. The molecule has 5 rings (SSSR count). The van der Waals surface area contributed by atoms with E-state index in [9.17, 15) is 4.79 Å². The number of carbonyl (C=O) groups is 1. The first-order chi connectivity index (χ1) is 14.7. The van der Waals surface area contributed by atoms with Crippen LogP contribution in [-0.4, -0.2) is 24.6 Å². The SMILES string of the molecule is Cc1ccc2c(c1C#CCC1CCNCC1)O/C(=C\C1=NCc3ccccc31)C2=O. The van der Waals surface area contributed by atoms with Gasteiger partial charge in [-0.2, -0.15) is 0 Å². The molecular weight excluding hydrogens is 372 g/mol. The Kier molecular flexibility index (Phi) is 4.98. The van der Waals surface area contributed by atoms with Crippen LogP contribution in [0.4, 0.5) is 0 Å². The minimum Gasteiger partial charge on any atom is -0.451 e. The zero-order valence-electron chi connectivity index (χ0n) is 17.1. The molecule has 1 N–H and O–H groups in total. The van der Waals surface area contributed by atoms with Crippen molar-refractivity contribution in [3.8, 4) is 17.6 Å². The molecule has 0 amide bonds. The quantitative estimate of drug-likeness (QED) is 0.611. The van der Waals surface area contributed by atoms with Crippen molar-refractivity contribution in [1.82, 2.24) is 5.32 Å². The van der Waals surface area contributed by atoms with Gasteiger partial charge in [-0.3, -0.25) is 9.79 Å². The number of nitrogens with one attached hydrogen (secondary N) is 1. The maximum absolute atomic E-state index is 13.0. The Labute approximate surface area is 177 Å². The van der Waals surface area contributed by atoms with Gasteiger partial charge in [-0.25, -0.2) is 0 Å². The van der Waals surface area contributed by atoms with Gasteiger partial charge in [0, 0.05) is 18.1 Å². The molecule has 150 valence electrons. The molecule has 3 aliphatic heterocycles. The van der Waals surface area contributed by atoms with Gasteiger partial charge in [0.1, 0.15) is 0 Å². The van der Waals surface area contributed by atoms with Crippen LogP contribution < -0.4 is 10.1 Å². The topological polar surface area (TPSA) is 50.7 Å². The fraction of sp³-hybridized carbons (Fsp3) is 0.308. The molecule has 0 aromatic heterocycles. The zero-order chi connectivity index (χ0) is 20.5. The van der Waals surface area contributed by atoms with Gasteiger partial charge >= 0.3 is 0 Å². The summed E-state index contributed by atoms with van der Waals surface area (Å²) in [5.74, 6) is 8.12. The molecule has 0 bridgehead atoms. The van der Waals surface area contributed by atoms with Crippen LogP contribution in [0.25, 0.3) is 0 Å². The molecular formula is C26H24N2O2. The van der Waals surface area contributed by atoms with Crippen LogP contribution in [0.1, 0.15) is 51.9 Å². The van der Waals surface area contributed by atoms with Crippen LogP contribution in [-0.2, 0) is 6.54 Å². The molecule has 4 heteroatoms. The Bertz CT molecular complexity index is 1140. The van der Waals surface area contributed by atoms with E-state index >= 15 is 0 Å². The van der Waals surface area contributed by atoms with Gasteiger partial charge in [0.05, 0.1) is 23.4 Å². The van der Waals surface area contributed by atoms with Gasteiger partial charge in [-0.1, -0.05) is 42.2 Å². The maximum atomic E-state index is 13.0. The lowest BCUT2D eigenvalue weighted by Gasteiger charge is -2.20. The van der Waals surface area contributed by atoms with Crippen molar-refractivity contribution in [2.24, 2.45) is 10.9 Å². The van der Waals surface area contributed by atoms with E-state index in [4.69, 9.17) is 4.74 Å². The molecule has 0 radical (unpaired) electrons. The van der Waals surface area contributed by atoms with Crippen LogP contribution in [0.2, 0.25) is 0 Å². The van der Waals surface area contributed by atoms with Gasteiger partial charge in [0.2, 0.25) is 5.78 Å². The van der Waals surface area contributed by atoms with Crippen molar-refractivity contribution in [1.29, 1.82) is 0 Å². The summed E-state index contributed by atoms with van der Waals surface area (Å²) in [6.07, 6.45) is 5.00. The highest BCUT2D eigenvalue weighted by Crippen LogP contribution is 2.36. The molecule has 3 aliphatic rings. The number of fused-ring (bicyclic) bond motifs is 2. The molecule has 1 fully saturated rings. The average Bonchev–Trinajstić information content (AvgIpc) is 3.32. The van der Waals surface area contributed by atoms with E-state index < -0.39 is 0 Å². The number of allylic oxidation sites excluding steroid dienone is 2. The summed E-state index contributed by atoms with van der Waals surface area (Å²) >= 11 is 0. The highest BCUT2D eigenvalue weighted by Gasteiger charge is 2.31. The highest BCUT2D eigenvalue weighted by molar-refractivity contribution is 6.19. The van der Waals surface area contributed by atoms with Crippen LogP contribution in [0, 0.1) is 24.7 Å². The summed E-state index contributed by atoms with van der Waals surface area (Å²) in [5.41, 5.74) is 5.49. The summed E-state index contributed by atoms with van der Waals surface area (Å²) in [5, 5.41) is 3.39. The van der Waals surface area contributed by atoms with Crippen molar-refractivity contribution < 1.29 is 9.53 Å². The van der Waals surface area contributed by atoms with Crippen LogP contribution in [0.5, 0.6) is 5.75 Å². The number of hydrogen-bond acceptors (Lipinski definition) is 4. The molecule has 0 unspecified atom stereocenters. The third kappa shape index (κ3) is 3.46. The second-order valence-electron chi connectivity index (χ2n) is 8.13. The fourth-order valence-corrected chi connectivity index (χ4v) is 4.29. The lowest BCUT2D eigenvalue weighted by atomic mass is 9.94. The largest absolute Gasteiger partial charge is 0.451 e. The number of benzene rings is 2. The molecule has 1 saturated heterocycles. The summed E-state index contributed by atoms with van der Waals surface area (Å²) < 4.78 is 6.07. The molecule has 2 aromatic rings. The second-order valence-corrected chi connectivity index (χ2v) is 8.13. The van der Waals surface area contributed by atoms with Gasteiger partial charge < -0.3 is 10.1 Å². The number of piperidine rings is 1. The maximum Gasteiger partial charge on any atom is 0.232 e. The van der Waals surface area contributed by atoms with E-state index in [1.807, 2.05) is 37.3 Å². The van der Waals surface area contributed by atoms with Gasteiger partial charge in [0.25, 0.3) is 0 Å². The first-order valence-electron chi connectivity index (χ1n) is 10.6. The summed E-state index contributed by atoms with van der Waals surface area (Å²) in [6, 6.07) is 11.9. The smallest absolute Gasteiger partial charge is 0.232 e. The number of aliphatic imine (C=N–C) groups is 1. The number of ether oxygens (including phenoxy) is 1. The molecule has 3 heterocycles. The minimum absolute atomic E-state index is 0.0986. The number of hydrogen-bond donors (Lipinski definition) is 1. The number of Topliss-reactive ketones (excluding diaryl/α,β-unsaturated/α-hetero) is 1. The normalized spacial score (nSPS) is 19.0. The van der Waals surface area contributed by atoms with Gasteiger partial charge in [-0.15, -0.1) is 0 Å². The molecule has 0 spiro atoms. The van der Waals surface area contributed by atoms with E-state index in [0.717, 1.165) is 41.9 Å².